The molecule has 2 aromatic heterocycles. The van der Waals surface area contributed by atoms with Crippen molar-refractivity contribution in [2.45, 2.75) is 17.3 Å². The average Bonchev–Trinajstić information content (AvgIpc) is 2.90. The predicted molar refractivity (Wildman–Crippen MR) is 139 cm³/mol. The van der Waals surface area contributed by atoms with E-state index in [1.54, 1.807) is 56.8 Å². The highest BCUT2D eigenvalue weighted by atomic mass is 32.2. The highest BCUT2D eigenvalue weighted by Crippen LogP contribution is 2.27. The summed E-state index contributed by atoms with van der Waals surface area (Å²) in [4.78, 5) is 26.6. The molecule has 1 aromatic carbocycles. The van der Waals surface area contributed by atoms with Crippen LogP contribution in [0.3, 0.4) is 0 Å². The molecule has 0 spiro atoms. The summed E-state index contributed by atoms with van der Waals surface area (Å²) in [6.07, 6.45) is 3.23. The van der Waals surface area contributed by atoms with Gasteiger partial charge in [-0.05, 0) is 37.4 Å². The first-order chi connectivity index (χ1) is 17.5. The second-order valence-electron chi connectivity index (χ2n) is 8.59. The summed E-state index contributed by atoms with van der Waals surface area (Å²) in [7, 11) is 3.67. The van der Waals surface area contributed by atoms with Crippen molar-refractivity contribution >= 4 is 22.4 Å². The molecule has 9 nitrogen and oxygen atoms in total. The second kappa shape index (κ2) is 12.1. The third-order valence-corrected chi connectivity index (χ3v) is 7.40. The van der Waals surface area contributed by atoms with Gasteiger partial charge in [0.2, 0.25) is 0 Å². The topological polar surface area (TPSA) is 96.9 Å². The predicted octanol–water partition coefficient (Wildman–Crippen LogP) is 2.80. The standard InChI is InChI=1S/C26H31N5O4S/c1-30-11-13-31(14-12-30)17-21-15-20(8-10-27-21)29-25(32)23-5-4-9-28-26(23)36(33)18-19-6-7-22(34-2)16-24(19)35-3/h4-10,15-16H,11-14,17-18H2,1-3H3,(H,27,29,32). The number of nitrogens with one attached hydrogen (secondary N) is 1. The Balaban J connectivity index is 1.47. The minimum Gasteiger partial charge on any atom is -0.497 e. The molecule has 1 saturated heterocycles. The first-order valence-electron chi connectivity index (χ1n) is 11.7. The van der Waals surface area contributed by atoms with Crippen molar-refractivity contribution in [3.63, 3.8) is 0 Å². The number of benzene rings is 1. The first-order valence-corrected chi connectivity index (χ1v) is 13.0. The number of rotatable bonds is 9. The van der Waals surface area contributed by atoms with Crippen LogP contribution in [-0.4, -0.2) is 77.3 Å². The number of likely N-dealkylation sites (N-methyl/N-ethyl adjacent to an activating group) is 1. The summed E-state index contributed by atoms with van der Waals surface area (Å²) in [5.41, 5.74) is 2.52. The Morgan fingerprint density at radius 2 is 1.83 bits per heavy atom. The molecule has 1 aliphatic rings. The number of hydrogen-bond acceptors (Lipinski definition) is 8. The third-order valence-electron chi connectivity index (χ3n) is 6.07. The number of piperazine rings is 1. The van der Waals surface area contributed by atoms with Crippen LogP contribution in [-0.2, 0) is 23.1 Å². The van der Waals surface area contributed by atoms with E-state index in [2.05, 4.69) is 32.1 Å². The van der Waals surface area contributed by atoms with Crippen molar-refractivity contribution in [1.82, 2.24) is 19.8 Å². The van der Waals surface area contributed by atoms with Crippen LogP contribution in [0.25, 0.3) is 0 Å². The number of pyridine rings is 2. The van der Waals surface area contributed by atoms with Crippen LogP contribution in [0, 0.1) is 0 Å². The van der Waals surface area contributed by atoms with E-state index in [0.29, 0.717) is 17.2 Å². The highest BCUT2D eigenvalue weighted by molar-refractivity contribution is 7.84. The molecule has 190 valence electrons. The Morgan fingerprint density at radius 3 is 2.58 bits per heavy atom. The van der Waals surface area contributed by atoms with Gasteiger partial charge in [-0.15, -0.1) is 0 Å². The van der Waals surface area contributed by atoms with Crippen molar-refractivity contribution in [3.05, 3.63) is 71.7 Å². The van der Waals surface area contributed by atoms with Crippen LogP contribution in [0.2, 0.25) is 0 Å². The fourth-order valence-corrected chi connectivity index (χ4v) is 5.24. The van der Waals surface area contributed by atoms with Gasteiger partial charge in [0, 0.05) is 62.4 Å². The zero-order chi connectivity index (χ0) is 25.5. The Hall–Kier alpha value is -3.34. The number of anilines is 1. The van der Waals surface area contributed by atoms with Crippen molar-refractivity contribution in [1.29, 1.82) is 0 Å². The molecule has 1 amide bonds. The maximum Gasteiger partial charge on any atom is 0.258 e. The zero-order valence-electron chi connectivity index (χ0n) is 20.8. The number of carbonyl (C=O) groups is 1. The quantitative estimate of drug-likeness (QED) is 0.470. The summed E-state index contributed by atoms with van der Waals surface area (Å²) < 4.78 is 23.9. The lowest BCUT2D eigenvalue weighted by Gasteiger charge is -2.32. The van der Waals surface area contributed by atoms with Gasteiger partial charge < -0.3 is 19.7 Å². The summed E-state index contributed by atoms with van der Waals surface area (Å²) in [6, 6.07) is 12.2. The molecule has 0 saturated carbocycles. The van der Waals surface area contributed by atoms with E-state index in [-0.39, 0.29) is 22.2 Å². The molecular formula is C26H31N5O4S. The van der Waals surface area contributed by atoms with Gasteiger partial charge in [0.15, 0.2) is 0 Å². The van der Waals surface area contributed by atoms with Crippen molar-refractivity contribution < 1.29 is 18.5 Å². The molecule has 36 heavy (non-hydrogen) atoms. The van der Waals surface area contributed by atoms with Gasteiger partial charge in [-0.25, -0.2) is 4.98 Å². The number of methoxy groups -OCH3 is 2. The van der Waals surface area contributed by atoms with Gasteiger partial charge in [0.25, 0.3) is 5.91 Å². The molecule has 3 aromatic rings. The molecule has 1 N–H and O–H groups in total. The average molecular weight is 510 g/mol. The number of carbonyl (C=O) groups excluding carboxylic acids is 1. The molecule has 10 heteroatoms. The molecule has 1 atom stereocenters. The zero-order valence-corrected chi connectivity index (χ0v) is 21.6. The third kappa shape index (κ3) is 6.45. The first kappa shape index (κ1) is 25.7. The van der Waals surface area contributed by atoms with Crippen LogP contribution >= 0.6 is 0 Å². The maximum atomic E-state index is 13.3. The molecule has 0 bridgehead atoms. The van der Waals surface area contributed by atoms with E-state index in [1.807, 2.05) is 6.07 Å². The summed E-state index contributed by atoms with van der Waals surface area (Å²) in [6.45, 7) is 4.75. The Kier molecular flexibility index (Phi) is 8.63. The van der Waals surface area contributed by atoms with Gasteiger partial charge >= 0.3 is 0 Å². The van der Waals surface area contributed by atoms with Crippen LogP contribution in [0.5, 0.6) is 11.5 Å². The molecule has 3 heterocycles. The molecule has 4 rings (SSSR count). The molecule has 1 unspecified atom stereocenters. The lowest BCUT2D eigenvalue weighted by atomic mass is 10.2. The van der Waals surface area contributed by atoms with Crippen LogP contribution in [0.4, 0.5) is 5.69 Å². The number of ether oxygens (including phenoxy) is 2. The molecule has 1 aliphatic heterocycles. The Morgan fingerprint density at radius 1 is 1.03 bits per heavy atom. The molecule has 0 radical (unpaired) electrons. The second-order valence-corrected chi connectivity index (χ2v) is 9.96. The summed E-state index contributed by atoms with van der Waals surface area (Å²) >= 11 is 0. The maximum absolute atomic E-state index is 13.3. The van der Waals surface area contributed by atoms with Crippen LogP contribution < -0.4 is 14.8 Å². The monoisotopic (exact) mass is 509 g/mol. The SMILES string of the molecule is COc1ccc(CS(=O)c2ncccc2C(=O)Nc2ccnc(CN3CCN(C)CC3)c2)c(OC)c1. The molecule has 0 aliphatic carbocycles. The number of hydrogen-bond donors (Lipinski definition) is 1. The van der Waals surface area contributed by atoms with E-state index in [0.717, 1.165) is 44.0 Å². The number of aromatic nitrogens is 2. The van der Waals surface area contributed by atoms with E-state index >= 15 is 0 Å². The van der Waals surface area contributed by atoms with Gasteiger partial charge in [0.05, 0.1) is 42.0 Å². The van der Waals surface area contributed by atoms with Crippen LogP contribution in [0.15, 0.2) is 59.9 Å². The summed E-state index contributed by atoms with van der Waals surface area (Å²) in [5.74, 6) is 0.984. The number of amides is 1. The smallest absolute Gasteiger partial charge is 0.258 e. The van der Waals surface area contributed by atoms with Gasteiger partial charge in [0.1, 0.15) is 16.5 Å². The van der Waals surface area contributed by atoms with E-state index in [9.17, 15) is 9.00 Å². The van der Waals surface area contributed by atoms with E-state index in [4.69, 9.17) is 9.47 Å². The minimum absolute atomic E-state index is 0.148. The Bertz CT molecular complexity index is 1230. The minimum atomic E-state index is -1.57. The lowest BCUT2D eigenvalue weighted by Crippen LogP contribution is -2.44. The van der Waals surface area contributed by atoms with Crippen LogP contribution in [0.1, 0.15) is 21.6 Å². The van der Waals surface area contributed by atoms with Crippen molar-refractivity contribution in [2.75, 3.05) is 52.8 Å². The lowest BCUT2D eigenvalue weighted by molar-refractivity contribution is 0.102. The van der Waals surface area contributed by atoms with Gasteiger partial charge in [-0.2, -0.15) is 0 Å². The van der Waals surface area contributed by atoms with E-state index in [1.165, 1.54) is 6.20 Å². The molecular weight excluding hydrogens is 478 g/mol. The highest BCUT2D eigenvalue weighted by Gasteiger charge is 2.20. The fraction of sp³-hybridized carbons (Fsp3) is 0.346. The number of nitrogens with zero attached hydrogens (tertiary/aromatic N) is 4. The van der Waals surface area contributed by atoms with Gasteiger partial charge in [-0.1, -0.05) is 6.07 Å². The largest absolute Gasteiger partial charge is 0.497 e. The van der Waals surface area contributed by atoms with Gasteiger partial charge in [-0.3, -0.25) is 18.9 Å². The van der Waals surface area contributed by atoms with Crippen molar-refractivity contribution in [3.8, 4) is 11.5 Å². The van der Waals surface area contributed by atoms with Crippen molar-refractivity contribution in [2.24, 2.45) is 0 Å². The summed E-state index contributed by atoms with van der Waals surface area (Å²) in [5, 5.41) is 3.14. The normalized spacial score (nSPS) is 15.3. The fourth-order valence-electron chi connectivity index (χ4n) is 4.00. The molecule has 1 fully saturated rings. The van der Waals surface area contributed by atoms with E-state index < -0.39 is 10.8 Å². The Labute approximate surface area is 213 Å².